The Morgan fingerprint density at radius 3 is 2.78 bits per heavy atom. The molecule has 2 rings (SSSR count). The van der Waals surface area contributed by atoms with Crippen LogP contribution in [0.3, 0.4) is 0 Å². The van der Waals surface area contributed by atoms with Gasteiger partial charge in [0.05, 0.1) is 15.8 Å². The van der Waals surface area contributed by atoms with Gasteiger partial charge >= 0.3 is 0 Å². The van der Waals surface area contributed by atoms with Gasteiger partial charge in [0, 0.05) is 32.9 Å². The summed E-state index contributed by atoms with van der Waals surface area (Å²) in [6.45, 7) is 2.59. The number of ether oxygens (including phenoxy) is 1. The second kappa shape index (κ2) is 5.89. The number of nitrogens with zero attached hydrogens (tertiary/aromatic N) is 1. The molecule has 0 unspecified atom stereocenters. The average molecular weight is 317 g/mol. The van der Waals surface area contributed by atoms with E-state index in [4.69, 9.17) is 10.5 Å². The lowest BCUT2D eigenvalue weighted by Gasteiger charge is -2.29. The van der Waals surface area contributed by atoms with Crippen LogP contribution in [0.25, 0.3) is 0 Å². The highest BCUT2D eigenvalue weighted by molar-refractivity contribution is 9.10. The Bertz CT molecular complexity index is 422. The minimum Gasteiger partial charge on any atom is -0.397 e. The Labute approximate surface area is 115 Å². The zero-order chi connectivity index (χ0) is 13.1. The molecule has 18 heavy (non-hydrogen) atoms. The molecule has 0 atom stereocenters. The summed E-state index contributed by atoms with van der Waals surface area (Å²) in [5.41, 5.74) is 7.22. The van der Waals surface area contributed by atoms with Crippen LogP contribution in [0.2, 0.25) is 0 Å². The molecule has 0 aromatic heterocycles. The van der Waals surface area contributed by atoms with Crippen LogP contribution in [-0.2, 0) is 4.74 Å². The maximum Gasteiger partial charge on any atom is 0.139 e. The summed E-state index contributed by atoms with van der Waals surface area (Å²) in [6.07, 6.45) is 2.15. The lowest BCUT2D eigenvalue weighted by Crippen LogP contribution is -2.30. The van der Waals surface area contributed by atoms with Gasteiger partial charge in [-0.1, -0.05) is 0 Å². The Kier molecular flexibility index (Phi) is 4.45. The second-order valence-corrected chi connectivity index (χ2v) is 5.62. The van der Waals surface area contributed by atoms with E-state index in [1.165, 1.54) is 6.07 Å². The molecule has 0 amide bonds. The minimum absolute atomic E-state index is 0.323. The zero-order valence-electron chi connectivity index (χ0n) is 10.5. The lowest BCUT2D eigenvalue weighted by molar-refractivity contribution is 0.0685. The molecule has 0 bridgehead atoms. The van der Waals surface area contributed by atoms with Crippen molar-refractivity contribution in [3.05, 3.63) is 22.4 Å². The molecular formula is C13H18BrFN2O. The molecule has 3 nitrogen and oxygen atoms in total. The third-order valence-electron chi connectivity index (χ3n) is 3.35. The van der Waals surface area contributed by atoms with Crippen molar-refractivity contribution < 1.29 is 9.13 Å². The highest BCUT2D eigenvalue weighted by atomic mass is 79.9. The minimum atomic E-state index is -0.323. The Balaban J connectivity index is 2.08. The predicted octanol–water partition coefficient (Wildman–Crippen LogP) is 3.03. The molecule has 1 aromatic carbocycles. The van der Waals surface area contributed by atoms with E-state index in [-0.39, 0.29) is 5.82 Å². The number of anilines is 2. The van der Waals surface area contributed by atoms with Crippen molar-refractivity contribution in [3.8, 4) is 0 Å². The standard InChI is InChI=1S/C13H18BrFN2O/c1-17(8-9-2-4-18-5-3-9)13-6-10(14)11(15)7-12(13)16/h6-7,9H,2-5,8,16H2,1H3. The van der Waals surface area contributed by atoms with Gasteiger partial charge in [0.25, 0.3) is 0 Å². The van der Waals surface area contributed by atoms with E-state index in [0.29, 0.717) is 16.1 Å². The Morgan fingerprint density at radius 2 is 2.11 bits per heavy atom. The van der Waals surface area contributed by atoms with Crippen LogP contribution in [0.4, 0.5) is 15.8 Å². The Morgan fingerprint density at radius 1 is 1.44 bits per heavy atom. The summed E-state index contributed by atoms with van der Waals surface area (Å²) in [5.74, 6) is 0.294. The predicted molar refractivity (Wildman–Crippen MR) is 75.3 cm³/mol. The fraction of sp³-hybridized carbons (Fsp3) is 0.538. The monoisotopic (exact) mass is 316 g/mol. The quantitative estimate of drug-likeness (QED) is 0.871. The van der Waals surface area contributed by atoms with Gasteiger partial charge in [0.15, 0.2) is 0 Å². The molecule has 1 heterocycles. The first kappa shape index (κ1) is 13.6. The number of hydrogen-bond acceptors (Lipinski definition) is 3. The topological polar surface area (TPSA) is 38.5 Å². The first-order valence-electron chi connectivity index (χ1n) is 6.11. The second-order valence-electron chi connectivity index (χ2n) is 4.76. The van der Waals surface area contributed by atoms with Gasteiger partial charge in [-0.25, -0.2) is 4.39 Å². The fourth-order valence-electron chi connectivity index (χ4n) is 2.30. The molecule has 0 spiro atoms. The molecule has 2 N–H and O–H groups in total. The SMILES string of the molecule is CN(CC1CCOCC1)c1cc(Br)c(F)cc1N. The normalized spacial score (nSPS) is 16.8. The van der Waals surface area contributed by atoms with Crippen LogP contribution in [0.5, 0.6) is 0 Å². The van der Waals surface area contributed by atoms with Crippen LogP contribution in [0.15, 0.2) is 16.6 Å². The van der Waals surface area contributed by atoms with Gasteiger partial charge in [-0.15, -0.1) is 0 Å². The first-order chi connectivity index (χ1) is 8.58. The molecule has 0 aliphatic carbocycles. The molecule has 0 radical (unpaired) electrons. The number of rotatable bonds is 3. The van der Waals surface area contributed by atoms with Gasteiger partial charge < -0.3 is 15.4 Å². The maximum absolute atomic E-state index is 13.3. The van der Waals surface area contributed by atoms with E-state index in [2.05, 4.69) is 20.8 Å². The molecule has 5 heteroatoms. The first-order valence-corrected chi connectivity index (χ1v) is 6.90. The van der Waals surface area contributed by atoms with E-state index in [9.17, 15) is 4.39 Å². The highest BCUT2D eigenvalue weighted by Crippen LogP contribution is 2.30. The average Bonchev–Trinajstić information content (AvgIpc) is 2.35. The smallest absolute Gasteiger partial charge is 0.139 e. The molecule has 1 aromatic rings. The summed E-state index contributed by atoms with van der Waals surface area (Å²) in [4.78, 5) is 2.09. The van der Waals surface area contributed by atoms with E-state index in [0.717, 1.165) is 38.3 Å². The van der Waals surface area contributed by atoms with Crippen LogP contribution >= 0.6 is 15.9 Å². The van der Waals surface area contributed by atoms with Crippen molar-refractivity contribution in [2.75, 3.05) is 37.4 Å². The van der Waals surface area contributed by atoms with Crippen molar-refractivity contribution in [2.24, 2.45) is 5.92 Å². The molecule has 1 aliphatic heterocycles. The molecule has 1 saturated heterocycles. The van der Waals surface area contributed by atoms with Crippen LogP contribution < -0.4 is 10.6 Å². The van der Waals surface area contributed by atoms with Gasteiger partial charge in [0.1, 0.15) is 5.82 Å². The number of benzene rings is 1. The summed E-state index contributed by atoms with van der Waals surface area (Å²) < 4.78 is 19.1. The van der Waals surface area contributed by atoms with Gasteiger partial charge in [-0.3, -0.25) is 0 Å². The van der Waals surface area contributed by atoms with Crippen molar-refractivity contribution in [1.82, 2.24) is 0 Å². The summed E-state index contributed by atoms with van der Waals surface area (Å²) in [5, 5.41) is 0. The third kappa shape index (κ3) is 3.14. The van der Waals surface area contributed by atoms with E-state index in [1.807, 2.05) is 7.05 Å². The largest absolute Gasteiger partial charge is 0.397 e. The number of nitrogens with two attached hydrogens (primary N) is 1. The lowest BCUT2D eigenvalue weighted by atomic mass is 9.99. The van der Waals surface area contributed by atoms with E-state index in [1.54, 1.807) is 6.07 Å². The van der Waals surface area contributed by atoms with Crippen LogP contribution in [-0.4, -0.2) is 26.8 Å². The van der Waals surface area contributed by atoms with Crippen molar-refractivity contribution >= 4 is 27.3 Å². The maximum atomic E-state index is 13.3. The third-order valence-corrected chi connectivity index (χ3v) is 3.96. The van der Waals surface area contributed by atoms with Crippen molar-refractivity contribution in [2.45, 2.75) is 12.8 Å². The number of nitrogen functional groups attached to an aromatic ring is 1. The molecule has 1 aliphatic rings. The van der Waals surface area contributed by atoms with Crippen LogP contribution in [0.1, 0.15) is 12.8 Å². The zero-order valence-corrected chi connectivity index (χ0v) is 12.0. The molecule has 1 fully saturated rings. The van der Waals surface area contributed by atoms with E-state index < -0.39 is 0 Å². The molecule has 0 saturated carbocycles. The fourth-order valence-corrected chi connectivity index (χ4v) is 2.63. The van der Waals surface area contributed by atoms with E-state index >= 15 is 0 Å². The highest BCUT2D eigenvalue weighted by Gasteiger charge is 2.17. The van der Waals surface area contributed by atoms with Gasteiger partial charge in [0.2, 0.25) is 0 Å². The van der Waals surface area contributed by atoms with Gasteiger partial charge in [-0.05, 0) is 40.8 Å². The van der Waals surface area contributed by atoms with Gasteiger partial charge in [-0.2, -0.15) is 0 Å². The van der Waals surface area contributed by atoms with Crippen molar-refractivity contribution in [1.29, 1.82) is 0 Å². The molecule has 100 valence electrons. The van der Waals surface area contributed by atoms with Crippen LogP contribution in [0, 0.1) is 11.7 Å². The summed E-state index contributed by atoms with van der Waals surface area (Å²) >= 11 is 3.20. The Hall–Kier alpha value is -0.810. The van der Waals surface area contributed by atoms with Crippen molar-refractivity contribution in [3.63, 3.8) is 0 Å². The number of hydrogen-bond donors (Lipinski definition) is 1. The molecular weight excluding hydrogens is 299 g/mol. The number of halogens is 2. The summed E-state index contributed by atoms with van der Waals surface area (Å²) in [6, 6.07) is 3.10. The summed E-state index contributed by atoms with van der Waals surface area (Å²) in [7, 11) is 1.99.